The third-order valence-corrected chi connectivity index (χ3v) is 8.92. The van der Waals surface area contributed by atoms with Crippen LogP contribution in [-0.2, 0) is 31.3 Å². The van der Waals surface area contributed by atoms with E-state index in [0.29, 0.717) is 59.3 Å². The van der Waals surface area contributed by atoms with Crippen molar-refractivity contribution in [2.75, 3.05) is 10.6 Å². The molecule has 13 nitrogen and oxygen atoms in total. The highest BCUT2D eigenvalue weighted by Crippen LogP contribution is 2.31. The summed E-state index contributed by atoms with van der Waals surface area (Å²) in [5, 5.41) is 18.3. The number of aryl methyl sites for hydroxylation is 1. The number of benzene rings is 1. The number of hydrogen-bond donors (Lipinski definition) is 2. The standard InChI is InChI=1S/C36H40BrN9O4/c1-4-33-44-36(46(48)49)30(45(33)3)16-14-24(2)11-7-5-6-8-13-34(47)43-32-20-27-29(21-39-32)40-23-41-35(27)42-25-15-17-31(28(37)19-25)50-22-26-12-9-10-18-38-26/h8-10,12-13,15,17-21,23-24H,4-7,11,14,16,22H2,1-3H3,(H,39,43,47)(H,40,41,42)/b13-8+. The molecule has 0 fully saturated rings. The molecular weight excluding hydrogens is 702 g/mol. The van der Waals surface area contributed by atoms with Crippen LogP contribution in [0.4, 0.5) is 23.1 Å². The fraction of sp³-hybridized carbons (Fsp3) is 0.333. The average Bonchev–Trinajstić information content (AvgIpc) is 3.44. The van der Waals surface area contributed by atoms with Gasteiger partial charge in [-0.2, -0.15) is 0 Å². The van der Waals surface area contributed by atoms with Crippen LogP contribution in [0.25, 0.3) is 10.9 Å². The number of hydrogen-bond acceptors (Lipinski definition) is 10. The van der Waals surface area contributed by atoms with E-state index in [-0.39, 0.29) is 16.6 Å². The van der Waals surface area contributed by atoms with E-state index in [0.717, 1.165) is 53.8 Å². The Morgan fingerprint density at radius 3 is 2.74 bits per heavy atom. The summed E-state index contributed by atoms with van der Waals surface area (Å²) in [5.74, 6) is 2.49. The fourth-order valence-corrected chi connectivity index (χ4v) is 6.04. The Morgan fingerprint density at radius 2 is 1.98 bits per heavy atom. The fourth-order valence-electron chi connectivity index (χ4n) is 5.54. The van der Waals surface area contributed by atoms with Crippen LogP contribution >= 0.6 is 15.9 Å². The lowest BCUT2D eigenvalue weighted by Crippen LogP contribution is -2.09. The number of fused-ring (bicyclic) bond motifs is 1. The van der Waals surface area contributed by atoms with Gasteiger partial charge in [0.2, 0.25) is 11.7 Å². The average molecular weight is 743 g/mol. The molecule has 1 atom stereocenters. The van der Waals surface area contributed by atoms with Gasteiger partial charge in [0.25, 0.3) is 0 Å². The molecule has 14 heteroatoms. The minimum Gasteiger partial charge on any atom is -0.486 e. The van der Waals surface area contributed by atoms with E-state index >= 15 is 0 Å². The predicted octanol–water partition coefficient (Wildman–Crippen LogP) is 8.03. The van der Waals surface area contributed by atoms with Crippen molar-refractivity contribution in [3.8, 4) is 5.75 Å². The second-order valence-corrected chi connectivity index (χ2v) is 12.8. The van der Waals surface area contributed by atoms with Crippen molar-refractivity contribution in [3.05, 3.63) is 105 Å². The molecular formula is C36H40BrN9O4. The molecule has 5 rings (SSSR count). The van der Waals surface area contributed by atoms with E-state index in [1.54, 1.807) is 18.5 Å². The molecule has 4 aromatic heterocycles. The molecule has 50 heavy (non-hydrogen) atoms. The van der Waals surface area contributed by atoms with Crippen molar-refractivity contribution in [2.24, 2.45) is 13.0 Å². The van der Waals surface area contributed by atoms with Crippen molar-refractivity contribution in [2.45, 2.75) is 65.4 Å². The van der Waals surface area contributed by atoms with Crippen molar-refractivity contribution >= 4 is 55.9 Å². The number of anilines is 3. The lowest BCUT2D eigenvalue weighted by Gasteiger charge is -2.12. The van der Waals surface area contributed by atoms with Crippen LogP contribution in [-0.4, -0.2) is 40.3 Å². The van der Waals surface area contributed by atoms with Crippen molar-refractivity contribution in [1.29, 1.82) is 0 Å². The number of halogens is 1. The summed E-state index contributed by atoms with van der Waals surface area (Å²) in [6.07, 6.45) is 14.0. The van der Waals surface area contributed by atoms with Gasteiger partial charge in [-0.3, -0.25) is 9.78 Å². The first-order chi connectivity index (χ1) is 24.2. The van der Waals surface area contributed by atoms with Crippen LogP contribution in [0.3, 0.4) is 0 Å². The van der Waals surface area contributed by atoms with E-state index in [1.807, 2.05) is 61.0 Å². The molecule has 0 saturated carbocycles. The number of ether oxygens (including phenoxy) is 1. The summed E-state index contributed by atoms with van der Waals surface area (Å²) in [7, 11) is 1.85. The third-order valence-electron chi connectivity index (χ3n) is 8.30. The Hall–Kier alpha value is -5.24. The first-order valence-corrected chi connectivity index (χ1v) is 17.4. The lowest BCUT2D eigenvalue weighted by atomic mass is 9.97. The normalized spacial score (nSPS) is 11.9. The number of imidazole rings is 1. The number of rotatable bonds is 17. The van der Waals surface area contributed by atoms with Gasteiger partial charge in [0, 0.05) is 30.7 Å². The third kappa shape index (κ3) is 9.68. The Morgan fingerprint density at radius 1 is 1.12 bits per heavy atom. The van der Waals surface area contributed by atoms with E-state index < -0.39 is 0 Å². The number of carbonyl (C=O) groups is 1. The van der Waals surface area contributed by atoms with Gasteiger partial charge < -0.3 is 30.1 Å². The van der Waals surface area contributed by atoms with Gasteiger partial charge in [0.05, 0.1) is 21.9 Å². The van der Waals surface area contributed by atoms with Crippen LogP contribution in [0, 0.1) is 16.0 Å². The van der Waals surface area contributed by atoms with Crippen LogP contribution in [0.5, 0.6) is 5.75 Å². The number of aromatic nitrogens is 6. The Balaban J connectivity index is 1.08. The molecule has 1 amide bonds. The number of carbonyl (C=O) groups excluding carboxylic acids is 1. The second kappa shape index (κ2) is 17.4. The number of unbranched alkanes of at least 4 members (excludes halogenated alkanes) is 2. The molecule has 260 valence electrons. The molecule has 0 radical (unpaired) electrons. The van der Waals surface area contributed by atoms with Crippen LogP contribution < -0.4 is 15.4 Å². The molecule has 2 N–H and O–H groups in total. The first-order valence-electron chi connectivity index (χ1n) is 16.6. The Kier molecular flexibility index (Phi) is 12.6. The van der Waals surface area contributed by atoms with Gasteiger partial charge in [-0.15, -0.1) is 0 Å². The smallest absolute Gasteiger partial charge is 0.385 e. The van der Waals surface area contributed by atoms with E-state index in [1.165, 1.54) is 12.4 Å². The predicted molar refractivity (Wildman–Crippen MR) is 196 cm³/mol. The molecule has 0 bridgehead atoms. The zero-order valence-corrected chi connectivity index (χ0v) is 29.9. The van der Waals surface area contributed by atoms with Crippen LogP contribution in [0.2, 0.25) is 0 Å². The maximum atomic E-state index is 12.7. The first kappa shape index (κ1) is 36.1. The minimum atomic E-state index is -0.385. The number of amides is 1. The largest absolute Gasteiger partial charge is 0.486 e. The highest BCUT2D eigenvalue weighted by Gasteiger charge is 2.24. The van der Waals surface area contributed by atoms with Gasteiger partial charge in [0.15, 0.2) is 0 Å². The maximum absolute atomic E-state index is 12.7. The molecule has 0 aliphatic carbocycles. The molecule has 0 spiro atoms. The summed E-state index contributed by atoms with van der Waals surface area (Å²) in [6, 6.07) is 13.1. The summed E-state index contributed by atoms with van der Waals surface area (Å²) < 4.78 is 8.54. The highest BCUT2D eigenvalue weighted by atomic mass is 79.9. The molecule has 0 aliphatic heterocycles. The van der Waals surface area contributed by atoms with Crippen LogP contribution in [0.15, 0.2) is 77.8 Å². The zero-order chi connectivity index (χ0) is 35.5. The Bertz CT molecular complexity index is 1970. The van der Waals surface area contributed by atoms with E-state index in [2.05, 4.69) is 58.4 Å². The quantitative estimate of drug-likeness (QED) is 0.0413. The summed E-state index contributed by atoms with van der Waals surface area (Å²) in [6.45, 7) is 4.47. The van der Waals surface area contributed by atoms with Gasteiger partial charge in [-0.25, -0.2) is 15.0 Å². The number of allylic oxidation sites excluding steroid dienone is 1. The topological polar surface area (TPSA) is 163 Å². The number of nitrogens with zero attached hydrogens (tertiary/aromatic N) is 7. The SMILES string of the molecule is CCc1nc([N+](=O)[O-])c(CCC(C)CCCC/C=C/C(=O)Nc2cc3c(Nc4ccc(OCc5ccccn5)c(Br)c4)ncnc3cn2)n1C. The maximum Gasteiger partial charge on any atom is 0.385 e. The summed E-state index contributed by atoms with van der Waals surface area (Å²) in [4.78, 5) is 45.3. The molecule has 0 saturated heterocycles. The molecule has 1 unspecified atom stereocenters. The number of nitrogens with one attached hydrogen (secondary N) is 2. The van der Waals surface area contributed by atoms with Crippen molar-refractivity contribution < 1.29 is 14.5 Å². The van der Waals surface area contributed by atoms with Crippen molar-refractivity contribution in [3.63, 3.8) is 0 Å². The number of nitro groups is 1. The van der Waals surface area contributed by atoms with Gasteiger partial charge in [-0.05, 0) is 99.9 Å². The number of pyridine rings is 2. The van der Waals surface area contributed by atoms with Gasteiger partial charge in [-0.1, -0.05) is 38.8 Å². The van der Waals surface area contributed by atoms with Gasteiger partial charge in [0.1, 0.15) is 36.0 Å². The molecule has 5 aromatic rings. The van der Waals surface area contributed by atoms with Gasteiger partial charge >= 0.3 is 5.82 Å². The lowest BCUT2D eigenvalue weighted by molar-refractivity contribution is -0.390. The second-order valence-electron chi connectivity index (χ2n) is 12.0. The highest BCUT2D eigenvalue weighted by molar-refractivity contribution is 9.10. The molecule has 1 aromatic carbocycles. The molecule has 4 heterocycles. The Labute approximate surface area is 298 Å². The minimum absolute atomic E-state index is 0.0249. The van der Waals surface area contributed by atoms with Crippen molar-refractivity contribution in [1.82, 2.24) is 29.5 Å². The van der Waals surface area contributed by atoms with E-state index in [9.17, 15) is 14.9 Å². The monoisotopic (exact) mass is 741 g/mol. The zero-order valence-electron chi connectivity index (χ0n) is 28.3. The van der Waals surface area contributed by atoms with E-state index in [4.69, 9.17) is 4.74 Å². The van der Waals surface area contributed by atoms with Crippen LogP contribution in [0.1, 0.15) is 63.2 Å². The summed E-state index contributed by atoms with van der Waals surface area (Å²) >= 11 is 3.58. The molecule has 0 aliphatic rings. The summed E-state index contributed by atoms with van der Waals surface area (Å²) in [5.41, 5.74) is 2.93.